The molecule has 0 amide bonds. The second-order valence-electron chi connectivity index (χ2n) is 5.08. The predicted molar refractivity (Wildman–Crippen MR) is 89.7 cm³/mol. The van der Waals surface area contributed by atoms with Crippen LogP contribution in [0.1, 0.15) is 38.7 Å². The molecule has 0 aromatic heterocycles. The van der Waals surface area contributed by atoms with Gasteiger partial charge in [-0.15, -0.1) is 0 Å². The number of rotatable bonds is 10. The number of carbonyl (C=O) groups is 1. The van der Waals surface area contributed by atoms with Gasteiger partial charge in [-0.1, -0.05) is 19.4 Å². The third-order valence-corrected chi connectivity index (χ3v) is 3.22. The van der Waals surface area contributed by atoms with Gasteiger partial charge in [-0.05, 0) is 37.1 Å². The Morgan fingerprint density at radius 1 is 1.26 bits per heavy atom. The molecule has 1 N–H and O–H groups in total. The zero-order valence-corrected chi connectivity index (χ0v) is 14.1. The Kier molecular flexibility index (Phi) is 8.83. The molecular weight excluding hydrogens is 296 g/mol. The summed E-state index contributed by atoms with van der Waals surface area (Å²) in [7, 11) is 1.56. The monoisotopic (exact) mass is 322 g/mol. The summed E-state index contributed by atoms with van der Waals surface area (Å²) in [6.07, 6.45) is 5.01. The maximum absolute atomic E-state index is 11.3. The molecule has 0 saturated carbocycles. The Hall–Kier alpha value is -2.01. The van der Waals surface area contributed by atoms with Gasteiger partial charge < -0.3 is 19.3 Å². The second kappa shape index (κ2) is 10.7. The molecule has 5 heteroatoms. The molecule has 0 spiro atoms. The summed E-state index contributed by atoms with van der Waals surface area (Å²) in [5.74, 6) is 0.821. The number of esters is 1. The molecule has 1 unspecified atom stereocenters. The smallest absolute Gasteiger partial charge is 0.330 e. The van der Waals surface area contributed by atoms with E-state index < -0.39 is 0 Å². The summed E-state index contributed by atoms with van der Waals surface area (Å²) in [6, 6.07) is 5.40. The lowest BCUT2D eigenvalue weighted by Gasteiger charge is -2.13. The normalized spacial score (nSPS) is 12.2. The van der Waals surface area contributed by atoms with Crippen LogP contribution in [-0.2, 0) is 9.53 Å². The molecule has 1 aromatic rings. The topological polar surface area (TPSA) is 65.0 Å². The minimum Gasteiger partial charge on any atom is -0.493 e. The Morgan fingerprint density at radius 3 is 2.70 bits per heavy atom. The highest BCUT2D eigenvalue weighted by atomic mass is 16.5. The fraction of sp³-hybridized carbons (Fsp3) is 0.500. The highest BCUT2D eigenvalue weighted by Crippen LogP contribution is 2.28. The maximum atomic E-state index is 11.3. The summed E-state index contributed by atoms with van der Waals surface area (Å²) in [4.78, 5) is 11.3. The summed E-state index contributed by atoms with van der Waals surface area (Å²) in [5, 5.41) is 9.70. The zero-order valence-electron chi connectivity index (χ0n) is 14.1. The second-order valence-corrected chi connectivity index (χ2v) is 5.08. The van der Waals surface area contributed by atoms with Crippen LogP contribution in [0.15, 0.2) is 24.3 Å². The minimum atomic E-state index is -0.378. The van der Waals surface area contributed by atoms with Crippen LogP contribution in [0.2, 0.25) is 0 Å². The molecule has 0 fully saturated rings. The zero-order chi connectivity index (χ0) is 17.1. The molecule has 0 heterocycles. The van der Waals surface area contributed by atoms with Crippen molar-refractivity contribution in [2.24, 2.45) is 0 Å². The summed E-state index contributed by atoms with van der Waals surface area (Å²) in [6.45, 7) is 4.58. The van der Waals surface area contributed by atoms with Crippen LogP contribution in [0.5, 0.6) is 11.5 Å². The quantitative estimate of drug-likeness (QED) is 0.529. The van der Waals surface area contributed by atoms with Gasteiger partial charge in [0.25, 0.3) is 0 Å². The highest BCUT2D eigenvalue weighted by molar-refractivity contribution is 5.87. The van der Waals surface area contributed by atoms with Crippen molar-refractivity contribution in [1.29, 1.82) is 0 Å². The standard InChI is InChI=1S/C18H26O5/c1-4-6-15(19)11-12-23-16-9-7-14(13-17(16)21-3)8-10-18(20)22-5-2/h7-10,13,15,19H,4-6,11-12H2,1-3H3/b10-8+. The number of ether oxygens (including phenoxy) is 3. The third kappa shape index (κ3) is 7.19. The molecular formula is C18H26O5. The van der Waals surface area contributed by atoms with E-state index in [1.165, 1.54) is 6.08 Å². The van der Waals surface area contributed by atoms with Gasteiger partial charge in [0.2, 0.25) is 0 Å². The average molecular weight is 322 g/mol. The first kappa shape index (κ1) is 19.0. The molecule has 1 atom stereocenters. The first-order chi connectivity index (χ1) is 11.1. The third-order valence-electron chi connectivity index (χ3n) is 3.22. The van der Waals surface area contributed by atoms with Crippen LogP contribution in [0.25, 0.3) is 6.08 Å². The van der Waals surface area contributed by atoms with Crippen molar-refractivity contribution in [3.8, 4) is 11.5 Å². The summed E-state index contributed by atoms with van der Waals surface area (Å²) < 4.78 is 15.8. The molecule has 0 bridgehead atoms. The Morgan fingerprint density at radius 2 is 2.04 bits per heavy atom. The lowest BCUT2D eigenvalue weighted by atomic mass is 10.1. The number of hydrogen-bond acceptors (Lipinski definition) is 5. The van der Waals surface area contributed by atoms with E-state index in [9.17, 15) is 9.90 Å². The average Bonchev–Trinajstić information content (AvgIpc) is 2.54. The highest BCUT2D eigenvalue weighted by Gasteiger charge is 2.07. The SMILES string of the molecule is CCCC(O)CCOc1ccc(/C=C/C(=O)OCC)cc1OC. The van der Waals surface area contributed by atoms with Crippen LogP contribution in [-0.4, -0.2) is 37.5 Å². The van der Waals surface area contributed by atoms with Crippen LogP contribution in [0, 0.1) is 0 Å². The molecule has 0 saturated heterocycles. The van der Waals surface area contributed by atoms with E-state index in [0.717, 1.165) is 18.4 Å². The van der Waals surface area contributed by atoms with E-state index in [1.54, 1.807) is 32.2 Å². The predicted octanol–water partition coefficient (Wildman–Crippen LogP) is 3.20. The van der Waals surface area contributed by atoms with Gasteiger partial charge in [0.1, 0.15) is 0 Å². The van der Waals surface area contributed by atoms with Crippen LogP contribution in [0.3, 0.4) is 0 Å². The lowest BCUT2D eigenvalue weighted by Crippen LogP contribution is -2.11. The molecule has 1 aromatic carbocycles. The molecule has 0 radical (unpaired) electrons. The van der Waals surface area contributed by atoms with E-state index in [0.29, 0.717) is 31.1 Å². The molecule has 0 aliphatic carbocycles. The summed E-state index contributed by atoms with van der Waals surface area (Å²) >= 11 is 0. The van der Waals surface area contributed by atoms with Crippen LogP contribution >= 0.6 is 0 Å². The molecule has 23 heavy (non-hydrogen) atoms. The Balaban J connectivity index is 2.63. The molecule has 0 aliphatic heterocycles. The molecule has 5 nitrogen and oxygen atoms in total. The van der Waals surface area contributed by atoms with Gasteiger partial charge in [0.05, 0.1) is 26.4 Å². The number of carbonyl (C=O) groups excluding carboxylic acids is 1. The number of aliphatic hydroxyl groups excluding tert-OH is 1. The molecule has 0 aliphatic rings. The fourth-order valence-electron chi connectivity index (χ4n) is 2.04. The van der Waals surface area contributed by atoms with Gasteiger partial charge in [-0.25, -0.2) is 4.79 Å². The largest absolute Gasteiger partial charge is 0.493 e. The Labute approximate surface area is 137 Å². The first-order valence-electron chi connectivity index (χ1n) is 7.94. The van der Waals surface area contributed by atoms with Crippen molar-refractivity contribution in [2.45, 2.75) is 39.2 Å². The number of methoxy groups -OCH3 is 1. The van der Waals surface area contributed by atoms with Gasteiger partial charge in [0, 0.05) is 12.5 Å². The van der Waals surface area contributed by atoms with Gasteiger partial charge in [0.15, 0.2) is 11.5 Å². The van der Waals surface area contributed by atoms with Gasteiger partial charge in [-0.3, -0.25) is 0 Å². The van der Waals surface area contributed by atoms with Crippen LogP contribution < -0.4 is 9.47 Å². The minimum absolute atomic E-state index is 0.335. The van der Waals surface area contributed by atoms with Crippen molar-refractivity contribution in [1.82, 2.24) is 0 Å². The number of hydrogen-bond donors (Lipinski definition) is 1. The van der Waals surface area contributed by atoms with Crippen LogP contribution in [0.4, 0.5) is 0 Å². The van der Waals surface area contributed by atoms with E-state index in [1.807, 2.05) is 13.0 Å². The van der Waals surface area contributed by atoms with Crippen molar-refractivity contribution >= 4 is 12.0 Å². The van der Waals surface area contributed by atoms with Crippen molar-refractivity contribution in [3.05, 3.63) is 29.8 Å². The van der Waals surface area contributed by atoms with Crippen molar-refractivity contribution in [3.63, 3.8) is 0 Å². The molecule has 128 valence electrons. The van der Waals surface area contributed by atoms with Crippen molar-refractivity contribution in [2.75, 3.05) is 20.3 Å². The fourth-order valence-corrected chi connectivity index (χ4v) is 2.04. The van der Waals surface area contributed by atoms with Gasteiger partial charge in [-0.2, -0.15) is 0 Å². The van der Waals surface area contributed by atoms with E-state index in [-0.39, 0.29) is 12.1 Å². The van der Waals surface area contributed by atoms with E-state index in [2.05, 4.69) is 0 Å². The number of aliphatic hydroxyl groups is 1. The summed E-state index contributed by atoms with van der Waals surface area (Å²) in [5.41, 5.74) is 0.813. The van der Waals surface area contributed by atoms with Crippen molar-refractivity contribution < 1.29 is 24.1 Å². The van der Waals surface area contributed by atoms with Gasteiger partial charge >= 0.3 is 5.97 Å². The van der Waals surface area contributed by atoms with E-state index in [4.69, 9.17) is 14.2 Å². The number of benzene rings is 1. The maximum Gasteiger partial charge on any atom is 0.330 e. The lowest BCUT2D eigenvalue weighted by molar-refractivity contribution is -0.137. The molecule has 1 rings (SSSR count). The first-order valence-corrected chi connectivity index (χ1v) is 7.94. The Bertz CT molecular complexity index is 510. The van der Waals surface area contributed by atoms with E-state index >= 15 is 0 Å².